The van der Waals surface area contributed by atoms with E-state index in [1.54, 1.807) is 12.1 Å². The van der Waals surface area contributed by atoms with E-state index < -0.39 is 17.0 Å². The quantitative estimate of drug-likeness (QED) is 0.407. The average molecular weight is 479 g/mol. The molecule has 3 N–H and O–H groups in total. The normalized spacial score (nSPS) is 14.4. The molecular weight excluding hydrogens is 456 g/mol. The van der Waals surface area contributed by atoms with Crippen molar-refractivity contribution in [3.05, 3.63) is 82.1 Å². The van der Waals surface area contributed by atoms with E-state index in [9.17, 15) is 23.8 Å². The van der Waals surface area contributed by atoms with E-state index in [0.29, 0.717) is 22.8 Å². The Bertz CT molecular complexity index is 1480. The van der Waals surface area contributed by atoms with Crippen molar-refractivity contribution in [1.29, 1.82) is 0 Å². The molecular formula is C25H23F2N5O3. The van der Waals surface area contributed by atoms with Crippen LogP contribution in [0.2, 0.25) is 0 Å². The third-order valence-electron chi connectivity index (χ3n) is 6.33. The highest BCUT2D eigenvalue weighted by Gasteiger charge is 2.37. The molecule has 0 saturated heterocycles. The molecule has 2 aromatic carbocycles. The van der Waals surface area contributed by atoms with Crippen molar-refractivity contribution >= 4 is 5.82 Å². The van der Waals surface area contributed by atoms with Crippen molar-refractivity contribution in [1.82, 2.24) is 19.6 Å². The Morgan fingerprint density at radius 2 is 1.83 bits per heavy atom. The van der Waals surface area contributed by atoms with Gasteiger partial charge in [0.2, 0.25) is 0 Å². The summed E-state index contributed by atoms with van der Waals surface area (Å²) >= 11 is 0. The number of halogens is 2. The van der Waals surface area contributed by atoms with Gasteiger partial charge in [-0.15, -0.1) is 0 Å². The van der Waals surface area contributed by atoms with Crippen molar-refractivity contribution in [2.24, 2.45) is 5.41 Å². The molecule has 0 aliphatic carbocycles. The molecule has 0 fully saturated rings. The lowest BCUT2D eigenvalue weighted by molar-refractivity contribution is 0.0428. The number of fused-ring (bicyclic) bond motifs is 1. The maximum atomic E-state index is 14.9. The van der Waals surface area contributed by atoms with Crippen LogP contribution in [-0.2, 0) is 6.54 Å². The van der Waals surface area contributed by atoms with E-state index >= 15 is 0 Å². The number of aliphatic hydroxyl groups excluding tert-OH is 2. The molecule has 5 rings (SSSR count). The highest BCUT2D eigenvalue weighted by Crippen LogP contribution is 2.41. The Labute approximate surface area is 199 Å². The molecule has 3 heterocycles. The van der Waals surface area contributed by atoms with Gasteiger partial charge in [-0.05, 0) is 36.8 Å². The monoisotopic (exact) mass is 479 g/mol. The third-order valence-corrected chi connectivity index (χ3v) is 6.33. The minimum Gasteiger partial charge on any atom is -0.396 e. The fourth-order valence-corrected chi connectivity index (χ4v) is 4.29. The summed E-state index contributed by atoms with van der Waals surface area (Å²) < 4.78 is 31.3. The van der Waals surface area contributed by atoms with Crippen molar-refractivity contribution in [2.45, 2.75) is 13.5 Å². The molecule has 0 unspecified atom stereocenters. The molecule has 1 aliphatic rings. The summed E-state index contributed by atoms with van der Waals surface area (Å²) in [5, 5.41) is 32.1. The van der Waals surface area contributed by atoms with Crippen LogP contribution in [0.4, 0.5) is 14.6 Å². The number of aromatic nitrogens is 4. The molecule has 0 spiro atoms. The fourth-order valence-electron chi connectivity index (χ4n) is 4.29. The first-order valence-corrected chi connectivity index (χ1v) is 11.0. The Morgan fingerprint density at radius 1 is 1.06 bits per heavy atom. The second kappa shape index (κ2) is 8.71. The fraction of sp³-hybridized carbons (Fsp3) is 0.240. The Morgan fingerprint density at radius 3 is 2.54 bits per heavy atom. The number of benzene rings is 2. The number of aryl methyl sites for hydroxylation is 1. The number of para-hydroxylation sites is 1. The van der Waals surface area contributed by atoms with Gasteiger partial charge in [-0.3, -0.25) is 4.79 Å². The highest BCUT2D eigenvalue weighted by molar-refractivity contribution is 5.88. The largest absolute Gasteiger partial charge is 0.396 e. The lowest BCUT2D eigenvalue weighted by Crippen LogP contribution is -2.45. The van der Waals surface area contributed by atoms with Gasteiger partial charge in [-0.1, -0.05) is 18.2 Å². The SMILES string of the molecule is Cc1ccccc1-n1nc(-c2c(-c3ccc(F)cc3F)nn3c2NCC(CO)(CO)C3)ccc1=O. The second-order valence-electron chi connectivity index (χ2n) is 8.78. The lowest BCUT2D eigenvalue weighted by atomic mass is 9.88. The predicted octanol–water partition coefficient (Wildman–Crippen LogP) is 2.75. The predicted molar refractivity (Wildman–Crippen MR) is 126 cm³/mol. The van der Waals surface area contributed by atoms with Crippen molar-refractivity contribution < 1.29 is 19.0 Å². The van der Waals surface area contributed by atoms with Crippen LogP contribution in [0.5, 0.6) is 0 Å². The molecule has 180 valence electrons. The summed E-state index contributed by atoms with van der Waals surface area (Å²) in [5.74, 6) is -1.03. The molecule has 0 amide bonds. The smallest absolute Gasteiger partial charge is 0.271 e. The zero-order valence-corrected chi connectivity index (χ0v) is 18.9. The number of nitrogens with one attached hydrogen (secondary N) is 1. The molecule has 35 heavy (non-hydrogen) atoms. The van der Waals surface area contributed by atoms with Gasteiger partial charge in [-0.25, -0.2) is 13.5 Å². The Kier molecular flexibility index (Phi) is 5.70. The van der Waals surface area contributed by atoms with Gasteiger partial charge in [0.15, 0.2) is 0 Å². The Balaban J connectivity index is 1.75. The highest BCUT2D eigenvalue weighted by atomic mass is 19.1. The van der Waals surface area contributed by atoms with Crippen LogP contribution in [-0.4, -0.2) is 49.5 Å². The average Bonchev–Trinajstić information content (AvgIpc) is 3.22. The summed E-state index contributed by atoms with van der Waals surface area (Å²) in [4.78, 5) is 12.7. The minimum absolute atomic E-state index is 0.0548. The van der Waals surface area contributed by atoms with Gasteiger partial charge in [0.05, 0.1) is 42.1 Å². The molecule has 10 heteroatoms. The summed E-state index contributed by atoms with van der Waals surface area (Å²) in [7, 11) is 0. The van der Waals surface area contributed by atoms with E-state index in [-0.39, 0.29) is 43.1 Å². The van der Waals surface area contributed by atoms with Gasteiger partial charge in [0, 0.05) is 24.2 Å². The number of anilines is 1. The van der Waals surface area contributed by atoms with Crippen LogP contribution < -0.4 is 10.9 Å². The molecule has 0 radical (unpaired) electrons. The van der Waals surface area contributed by atoms with E-state index in [4.69, 9.17) is 0 Å². The Hall–Kier alpha value is -3.89. The van der Waals surface area contributed by atoms with Crippen LogP contribution in [0.15, 0.2) is 59.4 Å². The summed E-state index contributed by atoms with van der Waals surface area (Å²) in [6.07, 6.45) is 0. The second-order valence-corrected chi connectivity index (χ2v) is 8.78. The first-order valence-electron chi connectivity index (χ1n) is 11.0. The molecule has 8 nitrogen and oxygen atoms in total. The molecule has 2 aromatic heterocycles. The van der Waals surface area contributed by atoms with Gasteiger partial charge in [-0.2, -0.15) is 14.9 Å². The van der Waals surface area contributed by atoms with Crippen LogP contribution >= 0.6 is 0 Å². The zero-order chi connectivity index (χ0) is 24.7. The number of hydrogen-bond donors (Lipinski definition) is 3. The summed E-state index contributed by atoms with van der Waals surface area (Å²) in [5.41, 5.74) is 1.24. The minimum atomic E-state index is -0.873. The van der Waals surface area contributed by atoms with Crippen molar-refractivity contribution in [3.8, 4) is 28.2 Å². The first kappa shape index (κ1) is 22.9. The lowest BCUT2D eigenvalue weighted by Gasteiger charge is -2.35. The number of aliphatic hydroxyl groups is 2. The molecule has 0 bridgehead atoms. The number of nitrogens with zero attached hydrogens (tertiary/aromatic N) is 4. The van der Waals surface area contributed by atoms with Crippen molar-refractivity contribution in [2.75, 3.05) is 25.1 Å². The molecule has 0 atom stereocenters. The van der Waals surface area contributed by atoms with Gasteiger partial charge < -0.3 is 15.5 Å². The molecule has 0 saturated carbocycles. The van der Waals surface area contributed by atoms with Gasteiger partial charge in [0.25, 0.3) is 5.56 Å². The van der Waals surface area contributed by atoms with E-state index in [0.717, 1.165) is 17.7 Å². The summed E-state index contributed by atoms with van der Waals surface area (Å²) in [6, 6.07) is 13.4. The van der Waals surface area contributed by atoms with E-state index in [2.05, 4.69) is 15.5 Å². The standard InChI is InChI=1S/C25H23F2N5O3/c1-15-4-2-3-5-20(15)32-21(35)9-8-19(29-32)22-23(17-7-6-16(26)10-18(17)27)30-31-12-25(13-33,14-34)11-28-24(22)31/h2-10,28,33-34H,11-14H2,1H3. The number of rotatable bonds is 5. The molecule has 1 aliphatic heterocycles. The number of hydrogen-bond acceptors (Lipinski definition) is 6. The van der Waals surface area contributed by atoms with Crippen LogP contribution in [0.3, 0.4) is 0 Å². The van der Waals surface area contributed by atoms with Crippen LogP contribution in [0.25, 0.3) is 28.2 Å². The van der Waals surface area contributed by atoms with Crippen LogP contribution in [0, 0.1) is 24.0 Å². The van der Waals surface area contributed by atoms with Gasteiger partial charge in [0.1, 0.15) is 23.1 Å². The third kappa shape index (κ3) is 3.90. The maximum Gasteiger partial charge on any atom is 0.271 e. The van der Waals surface area contributed by atoms with E-state index in [1.165, 1.54) is 27.6 Å². The topological polar surface area (TPSA) is 105 Å². The zero-order valence-electron chi connectivity index (χ0n) is 18.9. The first-order chi connectivity index (χ1) is 16.9. The molecule has 4 aromatic rings. The maximum absolute atomic E-state index is 14.9. The summed E-state index contributed by atoms with van der Waals surface area (Å²) in [6.45, 7) is 1.68. The van der Waals surface area contributed by atoms with Crippen molar-refractivity contribution in [3.63, 3.8) is 0 Å². The van der Waals surface area contributed by atoms with Crippen LogP contribution in [0.1, 0.15) is 5.56 Å². The van der Waals surface area contributed by atoms with Gasteiger partial charge >= 0.3 is 0 Å². The van der Waals surface area contributed by atoms with E-state index in [1.807, 2.05) is 19.1 Å².